The lowest BCUT2D eigenvalue weighted by atomic mass is 10.1. The number of benzene rings is 2. The van der Waals surface area contributed by atoms with Gasteiger partial charge in [-0.2, -0.15) is 0 Å². The molecule has 21 heavy (non-hydrogen) atoms. The molecular formula is C16H15FN2O2. The lowest BCUT2D eigenvalue weighted by Gasteiger charge is -2.14. The fraction of sp³-hybridized carbons (Fsp3) is 0.188. The van der Waals surface area contributed by atoms with Crippen molar-refractivity contribution in [2.24, 2.45) is 0 Å². The number of halogens is 1. The minimum Gasteiger partial charge on any atom is -0.491 e. The van der Waals surface area contributed by atoms with E-state index in [-0.39, 0.29) is 23.2 Å². The zero-order valence-corrected chi connectivity index (χ0v) is 11.5. The Bertz CT molecular complexity index is 688. The number of fused-ring (bicyclic) bond motifs is 1. The molecule has 0 bridgehead atoms. The van der Waals surface area contributed by atoms with E-state index < -0.39 is 5.82 Å². The van der Waals surface area contributed by atoms with E-state index in [2.05, 4.69) is 10.6 Å². The number of nitrogens with one attached hydrogen (secondary N) is 2. The van der Waals surface area contributed by atoms with Gasteiger partial charge in [0, 0.05) is 12.6 Å². The van der Waals surface area contributed by atoms with Gasteiger partial charge < -0.3 is 15.4 Å². The van der Waals surface area contributed by atoms with Crippen molar-refractivity contribution in [2.45, 2.75) is 6.04 Å². The molecule has 4 nitrogen and oxygen atoms in total. The van der Waals surface area contributed by atoms with Crippen LogP contribution in [0, 0.1) is 5.82 Å². The van der Waals surface area contributed by atoms with E-state index in [0.29, 0.717) is 6.61 Å². The number of hydrogen-bond acceptors (Lipinski definition) is 3. The van der Waals surface area contributed by atoms with Crippen molar-refractivity contribution >= 4 is 11.6 Å². The van der Waals surface area contributed by atoms with Crippen molar-refractivity contribution in [1.82, 2.24) is 5.32 Å². The molecule has 2 aromatic rings. The van der Waals surface area contributed by atoms with E-state index in [1.807, 2.05) is 24.3 Å². The molecule has 0 aliphatic carbocycles. The SMILES string of the molecule is CNc1c(F)cccc1C(=O)NC1COc2ccccc21. The molecule has 1 atom stereocenters. The molecule has 1 unspecified atom stereocenters. The summed E-state index contributed by atoms with van der Waals surface area (Å²) >= 11 is 0. The predicted molar refractivity (Wildman–Crippen MR) is 78.1 cm³/mol. The largest absolute Gasteiger partial charge is 0.491 e. The molecule has 0 saturated carbocycles. The number of carbonyl (C=O) groups is 1. The Morgan fingerprint density at radius 3 is 2.86 bits per heavy atom. The third kappa shape index (κ3) is 2.42. The van der Waals surface area contributed by atoms with Crippen LogP contribution in [0.1, 0.15) is 22.0 Å². The van der Waals surface area contributed by atoms with Crippen molar-refractivity contribution in [3.8, 4) is 5.75 Å². The van der Waals surface area contributed by atoms with Gasteiger partial charge in [-0.3, -0.25) is 4.79 Å². The van der Waals surface area contributed by atoms with Crippen LogP contribution < -0.4 is 15.4 Å². The van der Waals surface area contributed by atoms with Crippen LogP contribution in [0.5, 0.6) is 5.75 Å². The first kappa shape index (κ1) is 13.4. The van der Waals surface area contributed by atoms with E-state index in [1.54, 1.807) is 13.1 Å². The van der Waals surface area contributed by atoms with E-state index in [4.69, 9.17) is 4.74 Å². The average Bonchev–Trinajstić information content (AvgIpc) is 2.90. The lowest BCUT2D eigenvalue weighted by Crippen LogP contribution is -2.30. The highest BCUT2D eigenvalue weighted by atomic mass is 19.1. The summed E-state index contributed by atoms with van der Waals surface area (Å²) in [5.74, 6) is -0.00624. The number of amides is 1. The highest BCUT2D eigenvalue weighted by Crippen LogP contribution is 2.32. The molecule has 3 rings (SSSR count). The Hall–Kier alpha value is -2.56. The first-order chi connectivity index (χ1) is 10.2. The first-order valence-electron chi connectivity index (χ1n) is 6.69. The molecule has 1 amide bonds. The van der Waals surface area contributed by atoms with Crippen LogP contribution in [0.2, 0.25) is 0 Å². The number of hydrogen-bond donors (Lipinski definition) is 2. The smallest absolute Gasteiger partial charge is 0.254 e. The van der Waals surface area contributed by atoms with Gasteiger partial charge in [0.15, 0.2) is 0 Å². The molecule has 2 aromatic carbocycles. The molecule has 0 radical (unpaired) electrons. The summed E-state index contributed by atoms with van der Waals surface area (Å²) in [6.45, 7) is 0.384. The van der Waals surface area contributed by atoms with E-state index in [9.17, 15) is 9.18 Å². The lowest BCUT2D eigenvalue weighted by molar-refractivity contribution is 0.0931. The van der Waals surface area contributed by atoms with E-state index in [0.717, 1.165) is 11.3 Å². The Morgan fingerprint density at radius 2 is 2.05 bits per heavy atom. The maximum absolute atomic E-state index is 13.7. The highest BCUT2D eigenvalue weighted by molar-refractivity contribution is 6.00. The fourth-order valence-electron chi connectivity index (χ4n) is 2.49. The van der Waals surface area contributed by atoms with Crippen LogP contribution in [0.3, 0.4) is 0 Å². The average molecular weight is 286 g/mol. The molecule has 1 aliphatic heterocycles. The number of anilines is 1. The molecule has 0 fully saturated rings. The summed E-state index contributed by atoms with van der Waals surface area (Å²) in [6.07, 6.45) is 0. The predicted octanol–water partition coefficient (Wildman–Crippen LogP) is 2.73. The van der Waals surface area contributed by atoms with Crippen molar-refractivity contribution in [3.05, 3.63) is 59.4 Å². The van der Waals surface area contributed by atoms with Crippen molar-refractivity contribution in [2.75, 3.05) is 19.0 Å². The molecule has 2 N–H and O–H groups in total. The summed E-state index contributed by atoms with van der Waals surface area (Å²) in [5, 5.41) is 5.60. The standard InChI is InChI=1S/C16H15FN2O2/c1-18-15-11(6-4-7-12(15)17)16(20)19-13-9-21-14-8-3-2-5-10(13)14/h2-8,13,18H,9H2,1H3,(H,19,20). The van der Waals surface area contributed by atoms with Gasteiger partial charge >= 0.3 is 0 Å². The summed E-state index contributed by atoms with van der Waals surface area (Å²) in [6, 6.07) is 11.8. The number of para-hydroxylation sites is 2. The summed E-state index contributed by atoms with van der Waals surface area (Å²) < 4.78 is 19.2. The monoisotopic (exact) mass is 286 g/mol. The third-order valence-corrected chi connectivity index (χ3v) is 3.51. The molecule has 0 spiro atoms. The summed E-state index contributed by atoms with van der Waals surface area (Å²) in [5.41, 5.74) is 1.41. The number of ether oxygens (including phenoxy) is 1. The topological polar surface area (TPSA) is 50.4 Å². The Kier molecular flexibility index (Phi) is 3.48. The second kappa shape index (κ2) is 5.44. The van der Waals surface area contributed by atoms with Crippen LogP contribution in [-0.2, 0) is 0 Å². The highest BCUT2D eigenvalue weighted by Gasteiger charge is 2.26. The van der Waals surface area contributed by atoms with Crippen molar-refractivity contribution < 1.29 is 13.9 Å². The van der Waals surface area contributed by atoms with Crippen LogP contribution in [0.25, 0.3) is 0 Å². The second-order valence-electron chi connectivity index (χ2n) is 4.79. The number of carbonyl (C=O) groups excluding carboxylic acids is 1. The van der Waals surface area contributed by atoms with Gasteiger partial charge in [-0.05, 0) is 18.2 Å². The van der Waals surface area contributed by atoms with Crippen molar-refractivity contribution in [1.29, 1.82) is 0 Å². The Labute approximate surface area is 121 Å². The minimum absolute atomic E-state index is 0.196. The minimum atomic E-state index is -0.451. The Balaban J connectivity index is 1.84. The molecule has 1 heterocycles. The second-order valence-corrected chi connectivity index (χ2v) is 4.79. The van der Waals surface area contributed by atoms with E-state index in [1.165, 1.54) is 12.1 Å². The Morgan fingerprint density at radius 1 is 1.24 bits per heavy atom. The molecular weight excluding hydrogens is 271 g/mol. The van der Waals surface area contributed by atoms with Gasteiger partial charge in [-0.15, -0.1) is 0 Å². The zero-order chi connectivity index (χ0) is 14.8. The molecule has 5 heteroatoms. The molecule has 0 saturated heterocycles. The number of rotatable bonds is 3. The maximum Gasteiger partial charge on any atom is 0.254 e. The molecule has 1 aliphatic rings. The van der Waals surface area contributed by atoms with Gasteiger partial charge in [0.05, 0.1) is 17.3 Å². The van der Waals surface area contributed by atoms with Gasteiger partial charge in [0.2, 0.25) is 0 Å². The van der Waals surface area contributed by atoms with Crippen LogP contribution >= 0.6 is 0 Å². The van der Waals surface area contributed by atoms with Gasteiger partial charge in [-0.25, -0.2) is 4.39 Å². The van der Waals surface area contributed by atoms with Gasteiger partial charge in [0.1, 0.15) is 18.2 Å². The normalized spacial score (nSPS) is 16.0. The maximum atomic E-state index is 13.7. The zero-order valence-electron chi connectivity index (χ0n) is 11.5. The van der Waals surface area contributed by atoms with Crippen LogP contribution in [0.4, 0.5) is 10.1 Å². The first-order valence-corrected chi connectivity index (χ1v) is 6.69. The van der Waals surface area contributed by atoms with Gasteiger partial charge in [-0.1, -0.05) is 24.3 Å². The fourth-order valence-corrected chi connectivity index (χ4v) is 2.49. The molecule has 0 aromatic heterocycles. The van der Waals surface area contributed by atoms with Gasteiger partial charge in [0.25, 0.3) is 5.91 Å². The quantitative estimate of drug-likeness (QED) is 0.912. The van der Waals surface area contributed by atoms with E-state index >= 15 is 0 Å². The van der Waals surface area contributed by atoms with Crippen LogP contribution in [0.15, 0.2) is 42.5 Å². The van der Waals surface area contributed by atoms with Crippen LogP contribution in [-0.4, -0.2) is 19.6 Å². The summed E-state index contributed by atoms with van der Waals surface area (Å²) in [7, 11) is 1.59. The third-order valence-electron chi connectivity index (χ3n) is 3.51. The molecule has 108 valence electrons. The van der Waals surface area contributed by atoms with Crippen molar-refractivity contribution in [3.63, 3.8) is 0 Å². The summed E-state index contributed by atoms with van der Waals surface area (Å²) in [4.78, 5) is 12.4.